The predicted molar refractivity (Wildman–Crippen MR) is 62.1 cm³/mol. The van der Waals surface area contributed by atoms with Crippen LogP contribution in [0.25, 0.3) is 0 Å². The number of urea groups is 1. The molecule has 0 radical (unpaired) electrons. The van der Waals surface area contributed by atoms with Crippen LogP contribution in [0.15, 0.2) is 18.2 Å². The fraction of sp³-hybridized carbons (Fsp3) is 0.417. The van der Waals surface area contributed by atoms with Gasteiger partial charge in [0.15, 0.2) is 0 Å². The van der Waals surface area contributed by atoms with Crippen LogP contribution in [0.4, 0.5) is 4.79 Å². The van der Waals surface area contributed by atoms with Crippen LogP contribution in [0, 0.1) is 12.8 Å². The fourth-order valence-electron chi connectivity index (χ4n) is 1.82. The number of amides is 3. The van der Waals surface area contributed by atoms with Gasteiger partial charge in [0.1, 0.15) is 0 Å². The summed E-state index contributed by atoms with van der Waals surface area (Å²) in [5, 5.41) is 2.33. The molecule has 0 bridgehead atoms. The van der Waals surface area contributed by atoms with E-state index in [4.69, 9.17) is 0 Å². The minimum absolute atomic E-state index is 0.169. The van der Waals surface area contributed by atoms with Crippen molar-refractivity contribution in [2.24, 2.45) is 5.92 Å². The van der Waals surface area contributed by atoms with Gasteiger partial charge in [0, 0.05) is 12.2 Å². The molecule has 1 aliphatic heterocycles. The number of nitrogens with zero attached hydrogens (tertiary/aromatic N) is 2. The Morgan fingerprint density at radius 1 is 1.47 bits per heavy atom. The Morgan fingerprint density at radius 2 is 2.24 bits per heavy atom. The van der Waals surface area contributed by atoms with Gasteiger partial charge in [-0.25, -0.2) is 4.79 Å². The van der Waals surface area contributed by atoms with Gasteiger partial charge >= 0.3 is 6.03 Å². The number of imide groups is 1. The Morgan fingerprint density at radius 3 is 2.94 bits per heavy atom. The Balaban J connectivity index is 2.08. The van der Waals surface area contributed by atoms with E-state index in [0.29, 0.717) is 13.1 Å². The molecule has 1 unspecified atom stereocenters. The van der Waals surface area contributed by atoms with Gasteiger partial charge < -0.3 is 4.90 Å². The molecule has 1 aromatic heterocycles. The molecular formula is C12H15N3O2. The highest BCUT2D eigenvalue weighted by Crippen LogP contribution is 2.11. The van der Waals surface area contributed by atoms with Crippen molar-refractivity contribution in [3.63, 3.8) is 0 Å². The maximum Gasteiger partial charge on any atom is 0.324 e. The van der Waals surface area contributed by atoms with Crippen LogP contribution in [0.5, 0.6) is 0 Å². The lowest BCUT2D eigenvalue weighted by Crippen LogP contribution is -2.53. The quantitative estimate of drug-likeness (QED) is 0.831. The van der Waals surface area contributed by atoms with Crippen LogP contribution in [0.2, 0.25) is 0 Å². The Bertz CT molecular complexity index is 459. The molecule has 1 aliphatic rings. The highest BCUT2D eigenvalue weighted by atomic mass is 16.2. The van der Waals surface area contributed by atoms with E-state index in [9.17, 15) is 9.59 Å². The van der Waals surface area contributed by atoms with Gasteiger partial charge in [0.2, 0.25) is 5.91 Å². The van der Waals surface area contributed by atoms with Crippen molar-refractivity contribution < 1.29 is 9.59 Å². The summed E-state index contributed by atoms with van der Waals surface area (Å²) in [5.74, 6) is -0.374. The third kappa shape index (κ3) is 2.61. The zero-order valence-electron chi connectivity index (χ0n) is 9.93. The molecule has 5 nitrogen and oxygen atoms in total. The smallest absolute Gasteiger partial charge is 0.318 e. The van der Waals surface area contributed by atoms with E-state index in [0.717, 1.165) is 11.4 Å². The Labute approximate surface area is 99.8 Å². The lowest BCUT2D eigenvalue weighted by molar-refractivity contribution is -0.125. The summed E-state index contributed by atoms with van der Waals surface area (Å²) < 4.78 is 0. The van der Waals surface area contributed by atoms with E-state index >= 15 is 0 Å². The minimum atomic E-state index is -0.337. The summed E-state index contributed by atoms with van der Waals surface area (Å²) in [6.07, 6.45) is 0. The molecule has 1 atom stereocenters. The second-order valence-electron chi connectivity index (χ2n) is 4.35. The first-order valence-electron chi connectivity index (χ1n) is 5.58. The standard InChI is InChI=1S/C12H15N3O2/c1-8-6-15(12(17)14-11(8)16)7-10-5-3-4-9(2)13-10/h3-5,8H,6-7H2,1-2H3,(H,14,16,17). The summed E-state index contributed by atoms with van der Waals surface area (Å²) in [4.78, 5) is 28.8. The fourth-order valence-corrected chi connectivity index (χ4v) is 1.82. The van der Waals surface area contributed by atoms with Crippen molar-refractivity contribution in [3.05, 3.63) is 29.6 Å². The SMILES string of the molecule is Cc1cccc(CN2CC(C)C(=O)NC2=O)n1. The van der Waals surface area contributed by atoms with Crippen LogP contribution in [0.3, 0.4) is 0 Å². The number of aryl methyl sites for hydroxylation is 1. The third-order valence-electron chi connectivity index (χ3n) is 2.76. The van der Waals surface area contributed by atoms with Crippen molar-refractivity contribution in [2.45, 2.75) is 20.4 Å². The normalized spacial score (nSPS) is 20.4. The zero-order valence-corrected chi connectivity index (χ0v) is 9.93. The molecule has 1 fully saturated rings. The highest BCUT2D eigenvalue weighted by molar-refractivity contribution is 5.97. The van der Waals surface area contributed by atoms with Gasteiger partial charge in [-0.1, -0.05) is 13.0 Å². The molecule has 0 saturated carbocycles. The van der Waals surface area contributed by atoms with E-state index in [-0.39, 0.29) is 17.9 Å². The van der Waals surface area contributed by atoms with Crippen molar-refractivity contribution in [3.8, 4) is 0 Å². The average Bonchev–Trinajstić information content (AvgIpc) is 2.26. The van der Waals surface area contributed by atoms with Crippen LogP contribution >= 0.6 is 0 Å². The first-order chi connectivity index (χ1) is 8.06. The summed E-state index contributed by atoms with van der Waals surface area (Å²) in [7, 11) is 0. The Hall–Kier alpha value is -1.91. The first-order valence-corrected chi connectivity index (χ1v) is 5.58. The van der Waals surface area contributed by atoms with E-state index < -0.39 is 0 Å². The molecule has 90 valence electrons. The number of carbonyl (C=O) groups is 2. The molecular weight excluding hydrogens is 218 g/mol. The van der Waals surface area contributed by atoms with E-state index in [1.54, 1.807) is 11.8 Å². The molecule has 3 amide bonds. The summed E-state index contributed by atoms with van der Waals surface area (Å²) in [6, 6.07) is 5.36. The number of hydrogen-bond acceptors (Lipinski definition) is 3. The molecule has 17 heavy (non-hydrogen) atoms. The molecule has 0 aromatic carbocycles. The second kappa shape index (κ2) is 4.53. The van der Waals surface area contributed by atoms with Gasteiger partial charge in [-0.2, -0.15) is 0 Å². The van der Waals surface area contributed by atoms with Crippen LogP contribution < -0.4 is 5.32 Å². The lowest BCUT2D eigenvalue weighted by atomic mass is 10.1. The minimum Gasteiger partial charge on any atom is -0.318 e. The maximum absolute atomic E-state index is 11.6. The summed E-state index contributed by atoms with van der Waals surface area (Å²) in [5.41, 5.74) is 1.76. The van der Waals surface area contributed by atoms with E-state index in [2.05, 4.69) is 10.3 Å². The molecule has 5 heteroatoms. The number of pyridine rings is 1. The largest absolute Gasteiger partial charge is 0.324 e. The molecule has 0 spiro atoms. The van der Waals surface area contributed by atoms with Gasteiger partial charge in [-0.3, -0.25) is 15.1 Å². The molecule has 1 N–H and O–H groups in total. The van der Waals surface area contributed by atoms with Crippen LogP contribution in [-0.2, 0) is 11.3 Å². The van der Waals surface area contributed by atoms with Crippen molar-refractivity contribution in [1.29, 1.82) is 0 Å². The summed E-state index contributed by atoms with van der Waals surface area (Å²) >= 11 is 0. The number of nitrogens with one attached hydrogen (secondary N) is 1. The first kappa shape index (κ1) is 11.6. The third-order valence-corrected chi connectivity index (χ3v) is 2.76. The number of rotatable bonds is 2. The zero-order chi connectivity index (χ0) is 12.4. The van der Waals surface area contributed by atoms with Gasteiger partial charge in [-0.15, -0.1) is 0 Å². The van der Waals surface area contributed by atoms with Crippen LogP contribution in [-0.4, -0.2) is 28.4 Å². The van der Waals surface area contributed by atoms with Gasteiger partial charge in [-0.05, 0) is 19.1 Å². The monoisotopic (exact) mass is 233 g/mol. The number of aromatic nitrogens is 1. The molecule has 1 saturated heterocycles. The van der Waals surface area contributed by atoms with Crippen LogP contribution in [0.1, 0.15) is 18.3 Å². The predicted octanol–water partition coefficient (Wildman–Crippen LogP) is 1.08. The average molecular weight is 233 g/mol. The van der Waals surface area contributed by atoms with Crippen molar-refractivity contribution in [1.82, 2.24) is 15.2 Å². The summed E-state index contributed by atoms with van der Waals surface area (Å²) in [6.45, 7) is 4.59. The van der Waals surface area contributed by atoms with Crippen molar-refractivity contribution >= 4 is 11.9 Å². The molecule has 0 aliphatic carbocycles. The maximum atomic E-state index is 11.6. The number of carbonyl (C=O) groups excluding carboxylic acids is 2. The van der Waals surface area contributed by atoms with Crippen molar-refractivity contribution in [2.75, 3.05) is 6.54 Å². The molecule has 2 heterocycles. The van der Waals surface area contributed by atoms with E-state index in [1.807, 2.05) is 25.1 Å². The van der Waals surface area contributed by atoms with Gasteiger partial charge in [0.25, 0.3) is 0 Å². The molecule has 1 aromatic rings. The second-order valence-corrected chi connectivity index (χ2v) is 4.35. The van der Waals surface area contributed by atoms with E-state index in [1.165, 1.54) is 0 Å². The van der Waals surface area contributed by atoms with Gasteiger partial charge in [0.05, 0.1) is 18.2 Å². The molecule has 2 rings (SSSR count). The highest BCUT2D eigenvalue weighted by Gasteiger charge is 2.29. The lowest BCUT2D eigenvalue weighted by Gasteiger charge is -2.30. The number of hydrogen-bond donors (Lipinski definition) is 1. The topological polar surface area (TPSA) is 62.3 Å². The Kier molecular flexibility index (Phi) is 3.08.